The first kappa shape index (κ1) is 74.0. The smallest absolute Gasteiger partial charge is 0.306 e. The Kier molecular flexibility index (Phi) is 61.4. The molecule has 1 unspecified atom stereocenters. The summed E-state index contributed by atoms with van der Waals surface area (Å²) >= 11 is 0. The van der Waals surface area contributed by atoms with Crippen LogP contribution in [-0.4, -0.2) is 37.2 Å². The van der Waals surface area contributed by atoms with E-state index in [-0.39, 0.29) is 37.5 Å². The maximum Gasteiger partial charge on any atom is 0.306 e. The number of esters is 3. The average molecular weight is 1090 g/mol. The molecule has 6 heteroatoms. The fraction of sp³-hybridized carbons (Fsp3) is 0.603. The number of unbranched alkanes of at least 4 members (excludes halogenated alkanes) is 19. The van der Waals surface area contributed by atoms with Crippen LogP contribution in [0.5, 0.6) is 0 Å². The Morgan fingerprint density at radius 2 is 0.494 bits per heavy atom. The van der Waals surface area contributed by atoms with Crippen LogP contribution in [0.2, 0.25) is 0 Å². The normalized spacial score (nSPS) is 13.2. The first-order valence-corrected chi connectivity index (χ1v) is 32.0. The Morgan fingerprint density at radius 3 is 0.797 bits per heavy atom. The van der Waals surface area contributed by atoms with E-state index in [4.69, 9.17) is 14.2 Å². The third-order valence-electron chi connectivity index (χ3n) is 13.0. The van der Waals surface area contributed by atoms with E-state index in [1.54, 1.807) is 0 Å². The Balaban J connectivity index is 4.36. The molecule has 0 heterocycles. The van der Waals surface area contributed by atoms with E-state index in [0.29, 0.717) is 19.3 Å². The summed E-state index contributed by atoms with van der Waals surface area (Å²) in [5.74, 6) is -0.969. The molecule has 0 aliphatic carbocycles. The fourth-order valence-electron chi connectivity index (χ4n) is 8.31. The Labute approximate surface area is 486 Å². The van der Waals surface area contributed by atoms with Gasteiger partial charge in [0, 0.05) is 19.3 Å². The maximum atomic E-state index is 12.9. The summed E-state index contributed by atoms with van der Waals surface area (Å²) in [4.78, 5) is 38.2. The van der Waals surface area contributed by atoms with Gasteiger partial charge in [-0.1, -0.05) is 275 Å². The third-order valence-corrected chi connectivity index (χ3v) is 13.0. The zero-order valence-electron chi connectivity index (χ0n) is 50.8. The van der Waals surface area contributed by atoms with Crippen molar-refractivity contribution in [2.24, 2.45) is 0 Å². The zero-order valence-corrected chi connectivity index (χ0v) is 50.8. The molecule has 444 valence electrons. The molecule has 0 saturated carbocycles. The van der Waals surface area contributed by atoms with Crippen LogP contribution in [0.15, 0.2) is 158 Å². The van der Waals surface area contributed by atoms with Gasteiger partial charge in [-0.25, -0.2) is 0 Å². The van der Waals surface area contributed by atoms with Crippen LogP contribution in [0.25, 0.3) is 0 Å². The van der Waals surface area contributed by atoms with Crippen LogP contribution < -0.4 is 0 Å². The maximum absolute atomic E-state index is 12.9. The number of hydrogen-bond acceptors (Lipinski definition) is 6. The molecule has 0 radical (unpaired) electrons. The lowest BCUT2D eigenvalue weighted by Gasteiger charge is -2.18. The van der Waals surface area contributed by atoms with Crippen LogP contribution in [0.4, 0.5) is 0 Å². The van der Waals surface area contributed by atoms with Crippen molar-refractivity contribution in [2.75, 3.05) is 13.2 Å². The second kappa shape index (κ2) is 65.5. The van der Waals surface area contributed by atoms with Crippen LogP contribution in [-0.2, 0) is 28.6 Å². The molecule has 0 saturated heterocycles. The lowest BCUT2D eigenvalue weighted by atomic mass is 10.0. The van der Waals surface area contributed by atoms with E-state index >= 15 is 0 Å². The molecule has 79 heavy (non-hydrogen) atoms. The molecule has 0 aromatic heterocycles. The van der Waals surface area contributed by atoms with Crippen molar-refractivity contribution in [1.29, 1.82) is 0 Å². The van der Waals surface area contributed by atoms with Gasteiger partial charge in [-0.15, -0.1) is 0 Å². The summed E-state index contributed by atoms with van der Waals surface area (Å²) in [5.41, 5.74) is 0. The first-order valence-electron chi connectivity index (χ1n) is 32.0. The van der Waals surface area contributed by atoms with E-state index < -0.39 is 6.10 Å². The van der Waals surface area contributed by atoms with E-state index in [2.05, 4.69) is 179 Å². The molecule has 0 rings (SSSR count). The molecule has 0 aliphatic rings. The molecular weight excluding hydrogens is 973 g/mol. The lowest BCUT2D eigenvalue weighted by molar-refractivity contribution is -0.167. The molecule has 0 fully saturated rings. The summed E-state index contributed by atoms with van der Waals surface area (Å²) < 4.78 is 16.8. The number of carbonyl (C=O) groups excluding carboxylic acids is 3. The summed E-state index contributed by atoms with van der Waals surface area (Å²) in [6.45, 7) is 6.36. The minimum atomic E-state index is -0.814. The van der Waals surface area contributed by atoms with Crippen LogP contribution >= 0.6 is 0 Å². The molecule has 6 nitrogen and oxygen atoms in total. The molecular formula is C73H116O6. The molecule has 0 bridgehead atoms. The average Bonchev–Trinajstić information content (AvgIpc) is 3.45. The summed E-state index contributed by atoms with van der Waals surface area (Å²) in [7, 11) is 0. The van der Waals surface area contributed by atoms with Crippen LogP contribution in [0.1, 0.15) is 265 Å². The molecule has 1 atom stereocenters. The van der Waals surface area contributed by atoms with Gasteiger partial charge in [-0.05, 0) is 128 Å². The first-order chi connectivity index (χ1) is 39.0. The molecule has 0 N–H and O–H groups in total. The largest absolute Gasteiger partial charge is 0.462 e. The van der Waals surface area contributed by atoms with E-state index in [1.165, 1.54) is 64.2 Å². The number of rotatable bonds is 56. The second-order valence-corrected chi connectivity index (χ2v) is 20.6. The molecule has 0 spiro atoms. The van der Waals surface area contributed by atoms with Crippen molar-refractivity contribution >= 4 is 17.9 Å². The van der Waals surface area contributed by atoms with Gasteiger partial charge in [0.05, 0.1) is 0 Å². The molecule has 0 aliphatic heterocycles. The van der Waals surface area contributed by atoms with Crippen LogP contribution in [0, 0.1) is 0 Å². The fourth-order valence-corrected chi connectivity index (χ4v) is 8.31. The molecule has 0 amide bonds. The third kappa shape index (κ3) is 63.7. The van der Waals surface area contributed by atoms with Gasteiger partial charge in [0.25, 0.3) is 0 Å². The predicted molar refractivity (Wildman–Crippen MR) is 343 cm³/mol. The standard InChI is InChI=1S/C73H116O6/c1-4-7-10-13-16-19-22-25-27-28-29-30-31-32-33-34-35-36-37-38-39-40-41-42-43-44-46-48-51-54-57-60-63-66-72(75)78-69-70(68-77-71(74)65-62-59-56-53-50-47-24-21-18-15-12-9-6-3)79-73(76)67-64-61-58-55-52-49-45-26-23-20-17-14-11-8-5-2/h7-8,10-11,16-17,19-20,25-27,29-30,32-33,35-36,38-39,41-42,44-46,52,55,70H,4-6,9,12-15,18,21-24,28,31,34,37,40,43,47-51,53-54,56-69H2,1-3H3/b10-7-,11-8-,19-16-,20-17-,27-25-,30-29-,33-32-,36-35-,39-38-,42-41-,45-26-,46-44-,55-52-. The zero-order chi connectivity index (χ0) is 57.1. The van der Waals surface area contributed by atoms with Crippen molar-refractivity contribution in [3.63, 3.8) is 0 Å². The van der Waals surface area contributed by atoms with Crippen molar-refractivity contribution in [3.8, 4) is 0 Å². The summed E-state index contributed by atoms with van der Waals surface area (Å²) in [5, 5.41) is 0. The minimum Gasteiger partial charge on any atom is -0.462 e. The van der Waals surface area contributed by atoms with Crippen molar-refractivity contribution in [1.82, 2.24) is 0 Å². The highest BCUT2D eigenvalue weighted by atomic mass is 16.6. The quantitative estimate of drug-likeness (QED) is 0.0261. The van der Waals surface area contributed by atoms with Gasteiger partial charge < -0.3 is 14.2 Å². The SMILES string of the molecule is CC/C=C\C/C=C\C/C=C\C/C=C\C/C=C\C/C=C\C/C=C\C/C=C\C/C=C\CCCCCCCC(=O)OCC(COC(=O)CCCCCCCCCCCCCCC)OC(=O)CCCC/C=C\C/C=C\C/C=C\C/C=C\CC. The highest BCUT2D eigenvalue weighted by Crippen LogP contribution is 2.15. The van der Waals surface area contributed by atoms with Crippen LogP contribution in [0.3, 0.4) is 0 Å². The highest BCUT2D eigenvalue weighted by Gasteiger charge is 2.19. The predicted octanol–water partition coefficient (Wildman–Crippen LogP) is 22.1. The van der Waals surface area contributed by atoms with Gasteiger partial charge in [0.1, 0.15) is 13.2 Å². The summed E-state index contributed by atoms with van der Waals surface area (Å²) in [6.07, 6.45) is 95.4. The topological polar surface area (TPSA) is 78.9 Å². The van der Waals surface area contributed by atoms with E-state index in [9.17, 15) is 14.4 Å². The summed E-state index contributed by atoms with van der Waals surface area (Å²) in [6, 6.07) is 0. The van der Waals surface area contributed by atoms with E-state index in [1.807, 2.05) is 0 Å². The van der Waals surface area contributed by atoms with Gasteiger partial charge in [-0.2, -0.15) is 0 Å². The van der Waals surface area contributed by atoms with Gasteiger partial charge in [-0.3, -0.25) is 14.4 Å². The Hall–Kier alpha value is -4.97. The van der Waals surface area contributed by atoms with E-state index in [0.717, 1.165) is 154 Å². The lowest BCUT2D eigenvalue weighted by Crippen LogP contribution is -2.30. The van der Waals surface area contributed by atoms with Crippen molar-refractivity contribution in [3.05, 3.63) is 158 Å². The minimum absolute atomic E-state index is 0.105. The molecule has 0 aromatic carbocycles. The second-order valence-electron chi connectivity index (χ2n) is 20.6. The number of ether oxygens (including phenoxy) is 3. The van der Waals surface area contributed by atoms with Crippen molar-refractivity contribution in [2.45, 2.75) is 271 Å². The van der Waals surface area contributed by atoms with Gasteiger partial charge >= 0.3 is 17.9 Å². The number of allylic oxidation sites excluding steroid dienone is 26. The Bertz CT molecular complexity index is 1780. The number of carbonyl (C=O) groups is 3. The van der Waals surface area contributed by atoms with Gasteiger partial charge in [0.15, 0.2) is 6.10 Å². The molecule has 0 aromatic rings. The van der Waals surface area contributed by atoms with Gasteiger partial charge in [0.2, 0.25) is 0 Å². The Morgan fingerprint density at radius 1 is 0.266 bits per heavy atom. The number of hydrogen-bond donors (Lipinski definition) is 0. The highest BCUT2D eigenvalue weighted by molar-refractivity contribution is 5.71. The van der Waals surface area contributed by atoms with Crippen molar-refractivity contribution < 1.29 is 28.6 Å². The monoisotopic (exact) mass is 1090 g/mol.